The Morgan fingerprint density at radius 1 is 1.30 bits per heavy atom. The molecule has 33 heavy (non-hydrogen) atoms. The van der Waals surface area contributed by atoms with Gasteiger partial charge in [-0.3, -0.25) is 10.2 Å². The van der Waals surface area contributed by atoms with Gasteiger partial charge in [0.25, 0.3) is 0 Å². The van der Waals surface area contributed by atoms with E-state index in [2.05, 4.69) is 28.1 Å². The van der Waals surface area contributed by atoms with Crippen LogP contribution in [0.5, 0.6) is 0 Å². The van der Waals surface area contributed by atoms with Crippen molar-refractivity contribution in [3.8, 4) is 0 Å². The molecule has 3 rings (SSSR count). The van der Waals surface area contributed by atoms with Crippen molar-refractivity contribution in [3.63, 3.8) is 0 Å². The third-order valence-electron chi connectivity index (χ3n) is 4.86. The van der Waals surface area contributed by atoms with Gasteiger partial charge in [-0.1, -0.05) is 35.4 Å². The van der Waals surface area contributed by atoms with Crippen molar-refractivity contribution in [2.24, 2.45) is 5.73 Å². The lowest BCUT2D eigenvalue weighted by atomic mass is 10.0. The third-order valence-corrected chi connectivity index (χ3v) is 5.18. The monoisotopic (exact) mass is 471 g/mol. The van der Waals surface area contributed by atoms with Gasteiger partial charge in [0.05, 0.1) is 17.6 Å². The van der Waals surface area contributed by atoms with E-state index in [0.717, 1.165) is 12.8 Å². The Kier molecular flexibility index (Phi) is 8.15. The Morgan fingerprint density at radius 2 is 2.12 bits per heavy atom. The molecule has 0 fully saturated rings. The molecule has 0 aromatic heterocycles. The molecule has 1 heterocycles. The smallest absolute Gasteiger partial charge is 0.319 e. The predicted molar refractivity (Wildman–Crippen MR) is 127 cm³/mol. The van der Waals surface area contributed by atoms with Crippen LogP contribution in [0.15, 0.2) is 66.0 Å². The highest BCUT2D eigenvalue weighted by atomic mass is 35.5. The van der Waals surface area contributed by atoms with Gasteiger partial charge in [-0.2, -0.15) is 0 Å². The van der Waals surface area contributed by atoms with Crippen LogP contribution < -0.4 is 21.7 Å². The normalized spacial score (nSPS) is 15.6. The Bertz CT molecular complexity index is 1060. The number of nitrogens with two attached hydrogens (primary N) is 1. The number of halogens is 1. The molecule has 174 valence electrons. The zero-order valence-corrected chi connectivity index (χ0v) is 18.9. The van der Waals surface area contributed by atoms with Crippen molar-refractivity contribution < 1.29 is 19.1 Å². The van der Waals surface area contributed by atoms with E-state index in [1.54, 1.807) is 19.3 Å². The maximum atomic E-state index is 12.3. The summed E-state index contributed by atoms with van der Waals surface area (Å²) >= 11 is 6.04. The first kappa shape index (κ1) is 23.9. The first-order chi connectivity index (χ1) is 15.8. The summed E-state index contributed by atoms with van der Waals surface area (Å²) < 4.78 is 11.3. The molecule has 9 nitrogen and oxygen atoms in total. The van der Waals surface area contributed by atoms with Gasteiger partial charge in [0.2, 0.25) is 5.91 Å². The maximum Gasteiger partial charge on any atom is 0.319 e. The number of carbonyl (C=O) groups excluding carboxylic acids is 2. The molecule has 1 aliphatic heterocycles. The van der Waals surface area contributed by atoms with Crippen molar-refractivity contribution >= 4 is 35.1 Å². The standard InChI is InChI=1S/C23H26ClN5O4/c1-14(20-13-32-12-17(33-20)9-15-5-3-2-4-6-15)28-21(30)11-27-23(31)29-16-7-8-18(22(25)26)19(24)10-16/h2-3,5,7-8,10,12-14H,4,6,9,11H2,1H3,(H3,25,26)(H,28,30)(H2,27,29,31). The lowest BCUT2D eigenvalue weighted by molar-refractivity contribution is -0.120. The number of rotatable bonds is 8. The van der Waals surface area contributed by atoms with Crippen LogP contribution in [0.3, 0.4) is 0 Å². The average Bonchev–Trinajstić information content (AvgIpc) is 2.78. The predicted octanol–water partition coefficient (Wildman–Crippen LogP) is 3.65. The van der Waals surface area contributed by atoms with Crippen molar-refractivity contribution in [2.75, 3.05) is 11.9 Å². The Labute approximate surface area is 196 Å². The fourth-order valence-electron chi connectivity index (χ4n) is 3.18. The minimum atomic E-state index is -0.582. The molecule has 1 aromatic carbocycles. The molecule has 3 amide bonds. The summed E-state index contributed by atoms with van der Waals surface area (Å²) in [6.07, 6.45) is 11.8. The fourth-order valence-corrected chi connectivity index (χ4v) is 3.46. The molecule has 6 N–H and O–H groups in total. The zero-order valence-electron chi connectivity index (χ0n) is 18.1. The summed E-state index contributed by atoms with van der Waals surface area (Å²) in [5, 5.41) is 15.4. The SMILES string of the molecule is CC(NC(=O)CNC(=O)Nc1ccc(C(=N)N)c(Cl)c1)C1=COC=C(CC2=CC=CCC2)O1. The number of allylic oxidation sites excluding steroid dienone is 4. The molecule has 1 unspecified atom stereocenters. The number of hydrogen-bond acceptors (Lipinski definition) is 5. The lowest BCUT2D eigenvalue weighted by Gasteiger charge is -2.23. The Hall–Kier alpha value is -3.72. The quantitative estimate of drug-likeness (QED) is 0.291. The second-order valence-electron chi connectivity index (χ2n) is 7.52. The van der Waals surface area contributed by atoms with Gasteiger partial charge in [0.1, 0.15) is 24.1 Å². The van der Waals surface area contributed by atoms with E-state index in [9.17, 15) is 9.59 Å². The maximum absolute atomic E-state index is 12.3. The van der Waals surface area contributed by atoms with E-state index in [-0.39, 0.29) is 17.4 Å². The summed E-state index contributed by atoms with van der Waals surface area (Å²) in [7, 11) is 0. The van der Waals surface area contributed by atoms with Crippen molar-refractivity contribution in [3.05, 3.63) is 76.6 Å². The number of carbonyl (C=O) groups is 2. The number of amides is 3. The van der Waals surface area contributed by atoms with Crippen LogP contribution in [-0.4, -0.2) is 30.4 Å². The van der Waals surface area contributed by atoms with Crippen LogP contribution in [0.1, 0.15) is 31.7 Å². The van der Waals surface area contributed by atoms with Gasteiger partial charge >= 0.3 is 6.03 Å². The zero-order chi connectivity index (χ0) is 23.8. The molecule has 1 atom stereocenters. The molecule has 10 heteroatoms. The van der Waals surface area contributed by atoms with E-state index < -0.39 is 18.0 Å². The highest BCUT2D eigenvalue weighted by molar-refractivity contribution is 6.34. The van der Waals surface area contributed by atoms with Crippen molar-refractivity contribution in [1.29, 1.82) is 5.41 Å². The van der Waals surface area contributed by atoms with Crippen LogP contribution in [0.25, 0.3) is 0 Å². The molecule has 0 radical (unpaired) electrons. The Morgan fingerprint density at radius 3 is 2.82 bits per heavy atom. The summed E-state index contributed by atoms with van der Waals surface area (Å²) in [5.41, 5.74) is 7.43. The van der Waals surface area contributed by atoms with Crippen LogP contribution in [0, 0.1) is 5.41 Å². The number of amidine groups is 1. The largest absolute Gasteiger partial charge is 0.465 e. The Balaban J connectivity index is 1.42. The van der Waals surface area contributed by atoms with E-state index in [1.165, 1.54) is 24.0 Å². The second kappa shape index (κ2) is 11.2. The van der Waals surface area contributed by atoms with Gasteiger partial charge in [-0.15, -0.1) is 0 Å². The van der Waals surface area contributed by atoms with Gasteiger partial charge in [0, 0.05) is 17.7 Å². The topological polar surface area (TPSA) is 139 Å². The van der Waals surface area contributed by atoms with Gasteiger partial charge in [-0.05, 0) is 38.0 Å². The molecule has 1 aromatic rings. The second-order valence-corrected chi connectivity index (χ2v) is 7.92. The highest BCUT2D eigenvalue weighted by Crippen LogP contribution is 2.25. The number of nitrogen functional groups attached to an aromatic ring is 1. The molecule has 0 saturated heterocycles. The summed E-state index contributed by atoms with van der Waals surface area (Å²) in [4.78, 5) is 24.3. The summed E-state index contributed by atoms with van der Waals surface area (Å²) in [5.74, 6) is 0.568. The molecule has 1 aliphatic carbocycles. The van der Waals surface area contributed by atoms with Gasteiger partial charge in [-0.25, -0.2) is 4.79 Å². The lowest BCUT2D eigenvalue weighted by Crippen LogP contribution is -2.43. The molecular weight excluding hydrogens is 446 g/mol. The van der Waals surface area contributed by atoms with E-state index in [4.69, 9.17) is 32.2 Å². The molecule has 0 spiro atoms. The van der Waals surface area contributed by atoms with Crippen molar-refractivity contribution in [2.45, 2.75) is 32.2 Å². The highest BCUT2D eigenvalue weighted by Gasteiger charge is 2.20. The first-order valence-corrected chi connectivity index (χ1v) is 10.7. The van der Waals surface area contributed by atoms with Crippen molar-refractivity contribution in [1.82, 2.24) is 10.6 Å². The van der Waals surface area contributed by atoms with Crippen LogP contribution >= 0.6 is 11.6 Å². The minimum Gasteiger partial charge on any atom is -0.465 e. The van der Waals surface area contributed by atoms with Crippen LogP contribution in [0.2, 0.25) is 5.02 Å². The van der Waals surface area contributed by atoms with Crippen LogP contribution in [-0.2, 0) is 14.3 Å². The van der Waals surface area contributed by atoms with Gasteiger partial charge < -0.3 is 31.2 Å². The summed E-state index contributed by atoms with van der Waals surface area (Å²) in [6.45, 7) is 1.52. The molecular formula is C23H26ClN5O4. The minimum absolute atomic E-state index is 0.171. The number of nitrogens with one attached hydrogen (secondary N) is 4. The number of urea groups is 1. The van der Waals surface area contributed by atoms with Gasteiger partial charge in [0.15, 0.2) is 5.76 Å². The summed E-state index contributed by atoms with van der Waals surface area (Å²) in [6, 6.07) is 3.52. The average molecular weight is 472 g/mol. The van der Waals surface area contributed by atoms with E-state index in [1.807, 2.05) is 6.08 Å². The van der Waals surface area contributed by atoms with Crippen LogP contribution in [0.4, 0.5) is 10.5 Å². The van der Waals surface area contributed by atoms with E-state index in [0.29, 0.717) is 29.2 Å². The van der Waals surface area contributed by atoms with E-state index >= 15 is 0 Å². The fraction of sp³-hybridized carbons (Fsp3) is 0.261. The number of anilines is 1. The molecule has 2 aliphatic rings. The molecule has 0 saturated carbocycles. The third kappa shape index (κ3) is 7.15. The number of benzene rings is 1. The molecule has 0 bridgehead atoms. The first-order valence-electron chi connectivity index (χ1n) is 10.4. The number of hydrogen-bond donors (Lipinski definition) is 5. The number of ether oxygens (including phenoxy) is 2.